The van der Waals surface area contributed by atoms with E-state index in [1.165, 1.54) is 0 Å². The highest BCUT2D eigenvalue weighted by Gasteiger charge is 2.40. The Kier molecular flexibility index (Phi) is 7.55. The van der Waals surface area contributed by atoms with E-state index in [2.05, 4.69) is 20.0 Å². The third kappa shape index (κ3) is 5.27. The molecule has 1 unspecified atom stereocenters. The van der Waals surface area contributed by atoms with E-state index < -0.39 is 6.04 Å². The van der Waals surface area contributed by atoms with Crippen molar-refractivity contribution in [3.05, 3.63) is 63.1 Å². The third-order valence-corrected chi connectivity index (χ3v) is 9.50. The van der Waals surface area contributed by atoms with Crippen molar-refractivity contribution in [2.24, 2.45) is 0 Å². The van der Waals surface area contributed by atoms with E-state index in [1.54, 1.807) is 4.90 Å². The number of hydrogen-bond donors (Lipinski definition) is 1. The number of piperazine rings is 1. The van der Waals surface area contributed by atoms with Crippen LogP contribution in [0.2, 0.25) is 10.0 Å². The molecule has 2 aromatic carbocycles. The number of likely N-dealkylation sites (tertiary alicyclic amines) is 1. The zero-order valence-corrected chi connectivity index (χ0v) is 23.4. The van der Waals surface area contributed by atoms with Gasteiger partial charge in [0.1, 0.15) is 6.04 Å². The van der Waals surface area contributed by atoms with Crippen molar-refractivity contribution in [2.75, 3.05) is 44.2 Å². The standard InChI is InChI=1S/C29H33Cl2N5O3/c30-22-5-2-6-23(27(22)31)35-15-13-34(14-16-35)21-9-11-33(12-10-21)17-19-3-1-4-20-18-36(29(39)26(19)20)24-7-8-25(37)32-28(24)38/h1-6,21,24H,7-18H2,(H,32,37,38). The monoisotopic (exact) mass is 569 g/mol. The summed E-state index contributed by atoms with van der Waals surface area (Å²) >= 11 is 12.7. The van der Waals surface area contributed by atoms with Gasteiger partial charge in [0.05, 0.1) is 15.7 Å². The molecule has 206 valence electrons. The first-order valence-electron chi connectivity index (χ1n) is 13.8. The van der Waals surface area contributed by atoms with Crippen LogP contribution in [-0.2, 0) is 22.7 Å². The maximum Gasteiger partial charge on any atom is 0.255 e. The van der Waals surface area contributed by atoms with Crippen LogP contribution in [0.1, 0.15) is 47.2 Å². The summed E-state index contributed by atoms with van der Waals surface area (Å²) in [7, 11) is 0. The van der Waals surface area contributed by atoms with Crippen molar-refractivity contribution < 1.29 is 14.4 Å². The van der Waals surface area contributed by atoms with Gasteiger partial charge in [0.15, 0.2) is 0 Å². The topological polar surface area (TPSA) is 76.2 Å². The normalized spacial score (nSPS) is 23.3. The maximum atomic E-state index is 13.4. The molecule has 4 heterocycles. The Balaban J connectivity index is 1.04. The first kappa shape index (κ1) is 26.6. The molecule has 0 aliphatic carbocycles. The number of hydrogen-bond acceptors (Lipinski definition) is 6. The summed E-state index contributed by atoms with van der Waals surface area (Å²) in [6, 6.07) is 11.8. The first-order valence-corrected chi connectivity index (χ1v) is 14.6. The third-order valence-electron chi connectivity index (χ3n) is 8.69. The van der Waals surface area contributed by atoms with Crippen molar-refractivity contribution >= 4 is 46.6 Å². The Hall–Kier alpha value is -2.65. The van der Waals surface area contributed by atoms with Gasteiger partial charge in [0.25, 0.3) is 5.91 Å². The molecule has 1 N–H and O–H groups in total. The Morgan fingerprint density at radius 3 is 2.36 bits per heavy atom. The average molecular weight is 571 g/mol. The minimum Gasteiger partial charge on any atom is -0.368 e. The van der Waals surface area contributed by atoms with Crippen LogP contribution in [0.5, 0.6) is 0 Å². The van der Waals surface area contributed by atoms with Crippen molar-refractivity contribution in [2.45, 2.75) is 50.9 Å². The second kappa shape index (κ2) is 11.1. The van der Waals surface area contributed by atoms with Gasteiger partial charge in [0.2, 0.25) is 11.8 Å². The summed E-state index contributed by atoms with van der Waals surface area (Å²) in [5.41, 5.74) is 3.74. The fourth-order valence-electron chi connectivity index (χ4n) is 6.57. The van der Waals surface area contributed by atoms with Crippen LogP contribution >= 0.6 is 23.2 Å². The van der Waals surface area contributed by atoms with Gasteiger partial charge >= 0.3 is 0 Å². The molecule has 3 amide bonds. The van der Waals surface area contributed by atoms with E-state index in [-0.39, 0.29) is 24.1 Å². The van der Waals surface area contributed by atoms with Crippen LogP contribution in [0.25, 0.3) is 0 Å². The molecule has 1 atom stereocenters. The fraction of sp³-hybridized carbons (Fsp3) is 0.483. The molecular formula is C29H33Cl2N5O3. The van der Waals surface area contributed by atoms with Gasteiger partial charge in [-0.25, -0.2) is 0 Å². The molecule has 0 spiro atoms. The number of imide groups is 1. The number of halogens is 2. The molecule has 8 nitrogen and oxygen atoms in total. The lowest BCUT2D eigenvalue weighted by molar-refractivity contribution is -0.136. The first-order chi connectivity index (χ1) is 18.9. The molecule has 2 aromatic rings. The lowest BCUT2D eigenvalue weighted by atomic mass is 9.99. The maximum absolute atomic E-state index is 13.4. The van der Waals surface area contributed by atoms with Crippen LogP contribution in [0.3, 0.4) is 0 Å². The summed E-state index contributed by atoms with van der Waals surface area (Å²) < 4.78 is 0. The Bertz CT molecular complexity index is 1290. The van der Waals surface area contributed by atoms with Crippen LogP contribution in [0.4, 0.5) is 5.69 Å². The van der Waals surface area contributed by atoms with E-state index in [0.717, 1.165) is 81.0 Å². The highest BCUT2D eigenvalue weighted by atomic mass is 35.5. The molecule has 10 heteroatoms. The van der Waals surface area contributed by atoms with Crippen LogP contribution in [0.15, 0.2) is 36.4 Å². The van der Waals surface area contributed by atoms with Gasteiger partial charge < -0.3 is 9.80 Å². The number of benzene rings is 2. The van der Waals surface area contributed by atoms with Gasteiger partial charge in [-0.3, -0.25) is 29.5 Å². The zero-order chi connectivity index (χ0) is 27.1. The second-order valence-electron chi connectivity index (χ2n) is 11.0. The smallest absolute Gasteiger partial charge is 0.255 e. The van der Waals surface area contributed by atoms with Gasteiger partial charge in [-0.15, -0.1) is 0 Å². The second-order valence-corrected chi connectivity index (χ2v) is 11.7. The zero-order valence-electron chi connectivity index (χ0n) is 21.9. The van der Waals surface area contributed by atoms with E-state index in [0.29, 0.717) is 29.1 Å². The molecule has 6 rings (SSSR count). The molecular weight excluding hydrogens is 537 g/mol. The molecule has 0 saturated carbocycles. The Labute approximate surface area is 238 Å². The molecule has 39 heavy (non-hydrogen) atoms. The lowest BCUT2D eigenvalue weighted by Crippen LogP contribution is -2.53. The number of anilines is 1. The number of nitrogens with one attached hydrogen (secondary N) is 1. The summed E-state index contributed by atoms with van der Waals surface area (Å²) in [5.74, 6) is -0.730. The molecule has 0 bridgehead atoms. The van der Waals surface area contributed by atoms with Crippen molar-refractivity contribution in [3.8, 4) is 0 Å². The quantitative estimate of drug-likeness (QED) is 0.555. The average Bonchev–Trinajstić information content (AvgIpc) is 3.28. The van der Waals surface area contributed by atoms with Crippen molar-refractivity contribution in [3.63, 3.8) is 0 Å². The van der Waals surface area contributed by atoms with Gasteiger partial charge in [-0.1, -0.05) is 47.5 Å². The van der Waals surface area contributed by atoms with Gasteiger partial charge in [0, 0.05) is 57.3 Å². The van der Waals surface area contributed by atoms with Gasteiger partial charge in [-0.2, -0.15) is 0 Å². The number of carbonyl (C=O) groups excluding carboxylic acids is 3. The van der Waals surface area contributed by atoms with Crippen LogP contribution in [-0.4, -0.2) is 83.8 Å². The van der Waals surface area contributed by atoms with Crippen LogP contribution in [0, 0.1) is 0 Å². The van der Waals surface area contributed by atoms with Gasteiger partial charge in [-0.05, 0) is 55.6 Å². The predicted octanol–water partition coefficient (Wildman–Crippen LogP) is 3.54. The summed E-state index contributed by atoms with van der Waals surface area (Å²) in [5, 5.41) is 3.61. The van der Waals surface area contributed by atoms with E-state index in [4.69, 9.17) is 23.2 Å². The number of amides is 3. The highest BCUT2D eigenvalue weighted by molar-refractivity contribution is 6.43. The SMILES string of the molecule is O=C1CCC(N2Cc3cccc(CN4CCC(N5CCN(c6cccc(Cl)c6Cl)CC5)CC4)c3C2=O)C(=O)N1. The van der Waals surface area contributed by atoms with E-state index in [1.807, 2.05) is 36.4 Å². The van der Waals surface area contributed by atoms with Crippen LogP contribution < -0.4 is 10.2 Å². The minimum absolute atomic E-state index is 0.0948. The lowest BCUT2D eigenvalue weighted by Gasteiger charge is -2.43. The summed E-state index contributed by atoms with van der Waals surface area (Å²) in [6.07, 6.45) is 2.85. The number of carbonyl (C=O) groups is 3. The fourth-order valence-corrected chi connectivity index (χ4v) is 6.98. The largest absolute Gasteiger partial charge is 0.368 e. The summed E-state index contributed by atoms with van der Waals surface area (Å²) in [6.45, 7) is 6.99. The van der Waals surface area contributed by atoms with E-state index >= 15 is 0 Å². The highest BCUT2D eigenvalue weighted by Crippen LogP contribution is 2.34. The number of nitrogens with zero attached hydrogens (tertiary/aromatic N) is 4. The molecule has 3 fully saturated rings. The molecule has 4 aliphatic heterocycles. The molecule has 0 radical (unpaired) electrons. The van der Waals surface area contributed by atoms with Crippen molar-refractivity contribution in [1.29, 1.82) is 0 Å². The Morgan fingerprint density at radius 2 is 1.62 bits per heavy atom. The number of piperidine rings is 2. The van der Waals surface area contributed by atoms with Crippen molar-refractivity contribution in [1.82, 2.24) is 20.0 Å². The molecule has 4 aliphatic rings. The summed E-state index contributed by atoms with van der Waals surface area (Å²) in [4.78, 5) is 46.4. The Morgan fingerprint density at radius 1 is 0.872 bits per heavy atom. The molecule has 0 aromatic heterocycles. The minimum atomic E-state index is -0.582. The predicted molar refractivity (Wildman–Crippen MR) is 151 cm³/mol. The number of rotatable bonds is 5. The molecule has 3 saturated heterocycles. The van der Waals surface area contributed by atoms with E-state index in [9.17, 15) is 14.4 Å². The number of fused-ring (bicyclic) bond motifs is 1.